The van der Waals surface area contributed by atoms with Crippen molar-refractivity contribution in [3.05, 3.63) is 17.5 Å². The molecule has 19 heavy (non-hydrogen) atoms. The van der Waals surface area contributed by atoms with Crippen molar-refractivity contribution in [2.45, 2.75) is 58.9 Å². The van der Waals surface area contributed by atoms with Crippen molar-refractivity contribution in [1.82, 2.24) is 15.1 Å². The molecule has 1 heterocycles. The zero-order valence-electron chi connectivity index (χ0n) is 12.9. The molecule has 1 unspecified atom stereocenters. The zero-order valence-corrected chi connectivity index (χ0v) is 12.9. The molecule has 0 aliphatic heterocycles. The molecule has 1 saturated carbocycles. The Bertz CT molecular complexity index is 389. The third-order valence-corrected chi connectivity index (χ3v) is 4.75. The summed E-state index contributed by atoms with van der Waals surface area (Å²) in [5.74, 6) is 1.75. The normalized spacial score (nSPS) is 25.5. The summed E-state index contributed by atoms with van der Waals surface area (Å²) >= 11 is 0. The molecule has 2 rings (SSSR count). The predicted molar refractivity (Wildman–Crippen MR) is 80.1 cm³/mol. The van der Waals surface area contributed by atoms with E-state index >= 15 is 0 Å². The number of hydrogen-bond donors (Lipinski definition) is 1. The van der Waals surface area contributed by atoms with Crippen LogP contribution >= 0.6 is 0 Å². The van der Waals surface area contributed by atoms with E-state index in [1.165, 1.54) is 43.4 Å². The number of aromatic nitrogens is 2. The van der Waals surface area contributed by atoms with Crippen molar-refractivity contribution in [3.8, 4) is 0 Å². The van der Waals surface area contributed by atoms with Gasteiger partial charge in [-0.3, -0.25) is 4.68 Å². The van der Waals surface area contributed by atoms with E-state index in [2.05, 4.69) is 37.4 Å². The lowest BCUT2D eigenvalue weighted by Gasteiger charge is -2.34. The van der Waals surface area contributed by atoms with Crippen molar-refractivity contribution in [2.24, 2.45) is 18.9 Å². The van der Waals surface area contributed by atoms with Crippen LogP contribution in [0.5, 0.6) is 0 Å². The summed E-state index contributed by atoms with van der Waals surface area (Å²) in [6, 6.07) is 0.497. The minimum absolute atomic E-state index is 0.497. The Kier molecular flexibility index (Phi) is 5.03. The second-order valence-electron chi connectivity index (χ2n) is 6.07. The smallest absolute Gasteiger partial charge is 0.0641 e. The largest absolute Gasteiger partial charge is 0.310 e. The molecule has 1 aliphatic carbocycles. The van der Waals surface area contributed by atoms with E-state index < -0.39 is 0 Å². The Labute approximate surface area is 117 Å². The molecule has 1 aliphatic rings. The maximum absolute atomic E-state index is 4.52. The first-order chi connectivity index (χ1) is 9.15. The summed E-state index contributed by atoms with van der Waals surface area (Å²) in [5.41, 5.74) is 2.59. The third kappa shape index (κ3) is 3.38. The van der Waals surface area contributed by atoms with Crippen LogP contribution in [0.15, 0.2) is 6.20 Å². The molecule has 1 aromatic rings. The van der Waals surface area contributed by atoms with Crippen LogP contribution in [0.2, 0.25) is 0 Å². The molecule has 3 heteroatoms. The Morgan fingerprint density at radius 1 is 1.32 bits per heavy atom. The summed E-state index contributed by atoms with van der Waals surface area (Å²) in [6.07, 6.45) is 9.10. The Balaban J connectivity index is 2.10. The molecule has 0 aromatic carbocycles. The van der Waals surface area contributed by atoms with Crippen LogP contribution < -0.4 is 5.32 Å². The molecule has 0 spiro atoms. The topological polar surface area (TPSA) is 29.9 Å². The molecule has 1 fully saturated rings. The third-order valence-electron chi connectivity index (χ3n) is 4.75. The van der Waals surface area contributed by atoms with Gasteiger partial charge in [0.05, 0.1) is 5.69 Å². The molecule has 0 saturated heterocycles. The molecule has 0 bridgehead atoms. The van der Waals surface area contributed by atoms with Crippen molar-refractivity contribution in [1.29, 1.82) is 0 Å². The maximum atomic E-state index is 4.52. The molecule has 1 aromatic heterocycles. The van der Waals surface area contributed by atoms with E-state index in [4.69, 9.17) is 0 Å². The van der Waals surface area contributed by atoms with Gasteiger partial charge in [-0.05, 0) is 38.1 Å². The average molecular weight is 263 g/mol. The number of nitrogens with zero attached hydrogens (tertiary/aromatic N) is 2. The quantitative estimate of drug-likeness (QED) is 0.879. The molecular formula is C16H29N3. The summed E-state index contributed by atoms with van der Waals surface area (Å²) in [4.78, 5) is 0. The Morgan fingerprint density at radius 2 is 2.00 bits per heavy atom. The van der Waals surface area contributed by atoms with Gasteiger partial charge in [0.2, 0.25) is 0 Å². The van der Waals surface area contributed by atoms with Crippen LogP contribution in [-0.2, 0) is 7.05 Å². The van der Waals surface area contributed by atoms with Crippen LogP contribution in [0.25, 0.3) is 0 Å². The number of hydrogen-bond acceptors (Lipinski definition) is 2. The molecule has 1 atom stereocenters. The molecule has 3 nitrogen and oxygen atoms in total. The van der Waals surface area contributed by atoms with Crippen LogP contribution in [0.1, 0.15) is 63.3 Å². The highest BCUT2D eigenvalue weighted by atomic mass is 15.3. The first-order valence-electron chi connectivity index (χ1n) is 7.89. The van der Waals surface area contributed by atoms with Crippen LogP contribution in [-0.4, -0.2) is 16.3 Å². The van der Waals surface area contributed by atoms with Gasteiger partial charge in [0.15, 0.2) is 0 Å². The molecule has 1 N–H and O–H groups in total. The minimum Gasteiger partial charge on any atom is -0.310 e. The van der Waals surface area contributed by atoms with E-state index in [0.29, 0.717) is 6.04 Å². The Morgan fingerprint density at radius 3 is 2.47 bits per heavy atom. The summed E-state index contributed by atoms with van der Waals surface area (Å²) in [6.45, 7) is 7.71. The van der Waals surface area contributed by atoms with Crippen molar-refractivity contribution < 1.29 is 0 Å². The van der Waals surface area contributed by atoms with Crippen LogP contribution in [0, 0.1) is 18.8 Å². The van der Waals surface area contributed by atoms with Gasteiger partial charge in [0, 0.05) is 24.8 Å². The van der Waals surface area contributed by atoms with Gasteiger partial charge in [-0.2, -0.15) is 5.10 Å². The molecule has 0 amide bonds. The SMILES string of the molecule is CCNC(c1cn(C)nc1C)C1CCC(CC)CC1. The predicted octanol–water partition coefficient (Wildman–Crippen LogP) is 3.60. The fraction of sp³-hybridized carbons (Fsp3) is 0.812. The first-order valence-corrected chi connectivity index (χ1v) is 7.89. The van der Waals surface area contributed by atoms with E-state index in [-0.39, 0.29) is 0 Å². The Hall–Kier alpha value is -0.830. The second kappa shape index (κ2) is 6.56. The van der Waals surface area contributed by atoms with E-state index in [9.17, 15) is 0 Å². The highest BCUT2D eigenvalue weighted by Gasteiger charge is 2.29. The fourth-order valence-corrected chi connectivity index (χ4v) is 3.60. The van der Waals surface area contributed by atoms with Gasteiger partial charge in [0.25, 0.3) is 0 Å². The minimum atomic E-state index is 0.497. The highest BCUT2D eigenvalue weighted by Crippen LogP contribution is 2.38. The van der Waals surface area contributed by atoms with Crippen molar-refractivity contribution in [2.75, 3.05) is 6.54 Å². The fourth-order valence-electron chi connectivity index (χ4n) is 3.60. The highest BCUT2D eigenvalue weighted by molar-refractivity contribution is 5.21. The number of aryl methyl sites for hydroxylation is 2. The van der Waals surface area contributed by atoms with Gasteiger partial charge in [-0.1, -0.05) is 33.1 Å². The average Bonchev–Trinajstić information content (AvgIpc) is 2.75. The van der Waals surface area contributed by atoms with E-state index in [1.54, 1.807) is 0 Å². The second-order valence-corrected chi connectivity index (χ2v) is 6.07. The lowest BCUT2D eigenvalue weighted by Crippen LogP contribution is -2.31. The van der Waals surface area contributed by atoms with E-state index in [1.807, 2.05) is 11.7 Å². The van der Waals surface area contributed by atoms with Crippen molar-refractivity contribution in [3.63, 3.8) is 0 Å². The lowest BCUT2D eigenvalue weighted by atomic mass is 9.76. The van der Waals surface area contributed by atoms with Gasteiger partial charge in [-0.25, -0.2) is 0 Å². The number of nitrogens with one attached hydrogen (secondary N) is 1. The van der Waals surface area contributed by atoms with Crippen LogP contribution in [0.3, 0.4) is 0 Å². The summed E-state index contributed by atoms with van der Waals surface area (Å²) in [7, 11) is 2.02. The monoisotopic (exact) mass is 263 g/mol. The van der Waals surface area contributed by atoms with Crippen molar-refractivity contribution >= 4 is 0 Å². The maximum Gasteiger partial charge on any atom is 0.0641 e. The standard InChI is InChI=1S/C16H29N3/c1-5-13-7-9-14(10-8-13)16(17-6-2)15-11-19(4)18-12(15)3/h11,13-14,16-17H,5-10H2,1-4H3. The molecule has 108 valence electrons. The van der Waals surface area contributed by atoms with Gasteiger partial charge in [0.1, 0.15) is 0 Å². The number of rotatable bonds is 5. The molecule has 0 radical (unpaired) electrons. The zero-order chi connectivity index (χ0) is 13.8. The van der Waals surface area contributed by atoms with Gasteiger partial charge >= 0.3 is 0 Å². The molecular weight excluding hydrogens is 234 g/mol. The first kappa shape index (κ1) is 14.6. The van der Waals surface area contributed by atoms with Gasteiger partial charge < -0.3 is 5.32 Å². The summed E-state index contributed by atoms with van der Waals surface area (Å²) in [5, 5.41) is 8.22. The summed E-state index contributed by atoms with van der Waals surface area (Å²) < 4.78 is 1.95. The van der Waals surface area contributed by atoms with Gasteiger partial charge in [-0.15, -0.1) is 0 Å². The lowest BCUT2D eigenvalue weighted by molar-refractivity contribution is 0.219. The van der Waals surface area contributed by atoms with E-state index in [0.717, 1.165) is 18.4 Å². The van der Waals surface area contributed by atoms with Crippen LogP contribution in [0.4, 0.5) is 0 Å².